The van der Waals surface area contributed by atoms with Gasteiger partial charge in [0.2, 0.25) is 0 Å². The molecule has 25 heavy (non-hydrogen) atoms. The fraction of sp³-hybridized carbons (Fsp3) is 0.421. The molecular formula is C19H22Cl2N2OS. The summed E-state index contributed by atoms with van der Waals surface area (Å²) in [5.41, 5.74) is 2.23. The first-order valence-electron chi connectivity index (χ1n) is 8.46. The van der Waals surface area contributed by atoms with Crippen molar-refractivity contribution in [2.75, 3.05) is 13.1 Å². The molecule has 3 nitrogen and oxygen atoms in total. The average Bonchev–Trinajstić information content (AvgIpc) is 3.04. The van der Waals surface area contributed by atoms with Gasteiger partial charge in [0.15, 0.2) is 0 Å². The smallest absolute Gasteiger partial charge is 0.254 e. The summed E-state index contributed by atoms with van der Waals surface area (Å²) in [6.07, 6.45) is 3.46. The molecule has 1 saturated carbocycles. The summed E-state index contributed by atoms with van der Waals surface area (Å²) in [6, 6.07) is 9.78. The summed E-state index contributed by atoms with van der Waals surface area (Å²) in [4.78, 5) is 15.3. The minimum absolute atomic E-state index is 0. The summed E-state index contributed by atoms with van der Waals surface area (Å²) in [5, 5.41) is 8.26. The lowest BCUT2D eigenvalue weighted by atomic mass is 9.93. The largest absolute Gasteiger partial charge is 0.331 e. The van der Waals surface area contributed by atoms with Crippen molar-refractivity contribution >= 4 is 41.3 Å². The van der Waals surface area contributed by atoms with E-state index in [1.165, 1.54) is 18.4 Å². The third-order valence-electron chi connectivity index (χ3n) is 5.39. The Kier molecular flexibility index (Phi) is 5.74. The highest BCUT2D eigenvalue weighted by atomic mass is 35.5. The molecule has 1 aromatic heterocycles. The highest BCUT2D eigenvalue weighted by Gasteiger charge is 2.57. The second kappa shape index (κ2) is 7.67. The van der Waals surface area contributed by atoms with Crippen molar-refractivity contribution in [2.45, 2.75) is 31.8 Å². The SMILES string of the molecule is Cl.O=C(c1cccc(Cl)c1)N(Cc1ccsc1)C1CC12CCNCC2. The highest BCUT2D eigenvalue weighted by molar-refractivity contribution is 7.07. The number of piperidine rings is 1. The lowest BCUT2D eigenvalue weighted by Crippen LogP contribution is -2.39. The molecule has 2 aromatic rings. The van der Waals surface area contributed by atoms with Crippen LogP contribution < -0.4 is 5.32 Å². The van der Waals surface area contributed by atoms with Gasteiger partial charge in [-0.05, 0) is 78.4 Å². The number of benzene rings is 1. The van der Waals surface area contributed by atoms with Crippen LogP contribution in [0.3, 0.4) is 0 Å². The topological polar surface area (TPSA) is 32.3 Å². The lowest BCUT2D eigenvalue weighted by molar-refractivity contribution is 0.0692. The number of carbonyl (C=O) groups excluding carboxylic acids is 1. The minimum Gasteiger partial charge on any atom is -0.331 e. The number of hydrogen-bond donors (Lipinski definition) is 1. The zero-order valence-corrected chi connectivity index (χ0v) is 16.3. The van der Waals surface area contributed by atoms with E-state index in [2.05, 4.69) is 27.0 Å². The molecule has 2 heterocycles. The monoisotopic (exact) mass is 396 g/mol. The maximum atomic E-state index is 13.2. The molecule has 134 valence electrons. The van der Waals surface area contributed by atoms with Crippen molar-refractivity contribution < 1.29 is 4.79 Å². The van der Waals surface area contributed by atoms with Gasteiger partial charge in [-0.2, -0.15) is 11.3 Å². The molecular weight excluding hydrogens is 375 g/mol. The van der Waals surface area contributed by atoms with Crippen LogP contribution in [0.1, 0.15) is 35.2 Å². The number of carbonyl (C=O) groups is 1. The molecule has 1 aliphatic heterocycles. The third-order valence-corrected chi connectivity index (χ3v) is 6.35. The standard InChI is InChI=1S/C19H21ClN2OS.ClH/c20-16-3-1-2-15(10-16)18(23)22(12-14-4-9-24-13-14)17-11-19(17)5-7-21-8-6-19;/h1-4,9-10,13,17,21H,5-8,11-12H2;1H. The van der Waals surface area contributed by atoms with Crippen LogP contribution in [0, 0.1) is 5.41 Å². The zero-order chi connectivity index (χ0) is 16.6. The van der Waals surface area contributed by atoms with Crippen LogP contribution in [0.2, 0.25) is 5.02 Å². The van der Waals surface area contributed by atoms with Gasteiger partial charge in [0.05, 0.1) is 0 Å². The van der Waals surface area contributed by atoms with E-state index in [1.807, 2.05) is 18.2 Å². The Morgan fingerprint density at radius 2 is 2.12 bits per heavy atom. The molecule has 1 amide bonds. The molecule has 1 atom stereocenters. The predicted octanol–water partition coefficient (Wildman–Crippen LogP) is 4.61. The molecule has 1 aliphatic carbocycles. The van der Waals surface area contributed by atoms with E-state index in [9.17, 15) is 4.79 Å². The average molecular weight is 397 g/mol. The zero-order valence-electron chi connectivity index (χ0n) is 13.9. The molecule has 4 rings (SSSR count). The van der Waals surface area contributed by atoms with Gasteiger partial charge in [0, 0.05) is 23.2 Å². The number of rotatable bonds is 4. The Morgan fingerprint density at radius 1 is 1.32 bits per heavy atom. The Labute approximate surface area is 163 Å². The van der Waals surface area contributed by atoms with Crippen molar-refractivity contribution in [3.63, 3.8) is 0 Å². The van der Waals surface area contributed by atoms with Gasteiger partial charge >= 0.3 is 0 Å². The molecule has 0 radical (unpaired) electrons. The molecule has 1 aromatic carbocycles. The molecule has 0 bridgehead atoms. The summed E-state index contributed by atoms with van der Waals surface area (Å²) >= 11 is 7.78. The van der Waals surface area contributed by atoms with Crippen LogP contribution in [-0.4, -0.2) is 29.9 Å². The van der Waals surface area contributed by atoms with Crippen LogP contribution in [0.15, 0.2) is 41.1 Å². The molecule has 1 saturated heterocycles. The fourth-order valence-electron chi connectivity index (χ4n) is 3.92. The quantitative estimate of drug-likeness (QED) is 0.817. The van der Waals surface area contributed by atoms with E-state index in [-0.39, 0.29) is 18.3 Å². The minimum atomic E-state index is 0. The normalized spacial score (nSPS) is 20.8. The first-order chi connectivity index (χ1) is 11.7. The summed E-state index contributed by atoms with van der Waals surface area (Å²) in [7, 11) is 0. The number of nitrogens with one attached hydrogen (secondary N) is 1. The van der Waals surface area contributed by atoms with Crippen LogP contribution in [0.4, 0.5) is 0 Å². The number of amides is 1. The van der Waals surface area contributed by atoms with Gasteiger partial charge in [-0.1, -0.05) is 17.7 Å². The van der Waals surface area contributed by atoms with Gasteiger partial charge in [-0.25, -0.2) is 0 Å². The van der Waals surface area contributed by atoms with E-state index in [0.29, 0.717) is 28.6 Å². The van der Waals surface area contributed by atoms with Crippen molar-refractivity contribution in [2.24, 2.45) is 5.41 Å². The van der Waals surface area contributed by atoms with Gasteiger partial charge in [0.25, 0.3) is 5.91 Å². The highest BCUT2D eigenvalue weighted by Crippen LogP contribution is 2.56. The first-order valence-corrected chi connectivity index (χ1v) is 9.78. The van der Waals surface area contributed by atoms with E-state index < -0.39 is 0 Å². The summed E-state index contributed by atoms with van der Waals surface area (Å²) in [6.45, 7) is 2.82. The first kappa shape index (κ1) is 18.7. The maximum Gasteiger partial charge on any atom is 0.254 e. The van der Waals surface area contributed by atoms with E-state index >= 15 is 0 Å². The molecule has 6 heteroatoms. The van der Waals surface area contributed by atoms with Crippen molar-refractivity contribution in [1.29, 1.82) is 0 Å². The maximum absolute atomic E-state index is 13.2. The Hall–Kier alpha value is -1.07. The van der Waals surface area contributed by atoms with E-state index in [4.69, 9.17) is 11.6 Å². The third kappa shape index (κ3) is 3.87. The number of nitrogens with zero attached hydrogens (tertiary/aromatic N) is 1. The van der Waals surface area contributed by atoms with Crippen LogP contribution in [-0.2, 0) is 6.54 Å². The number of hydrogen-bond acceptors (Lipinski definition) is 3. The van der Waals surface area contributed by atoms with Crippen molar-refractivity contribution in [1.82, 2.24) is 10.2 Å². The Morgan fingerprint density at radius 3 is 2.80 bits per heavy atom. The molecule has 2 aliphatic rings. The second-order valence-electron chi connectivity index (χ2n) is 6.91. The van der Waals surface area contributed by atoms with Gasteiger partial charge in [0.1, 0.15) is 0 Å². The molecule has 1 N–H and O–H groups in total. The van der Waals surface area contributed by atoms with Crippen LogP contribution >= 0.6 is 35.3 Å². The van der Waals surface area contributed by atoms with E-state index in [1.54, 1.807) is 17.4 Å². The van der Waals surface area contributed by atoms with Crippen LogP contribution in [0.5, 0.6) is 0 Å². The fourth-order valence-corrected chi connectivity index (χ4v) is 4.77. The predicted molar refractivity (Wildman–Crippen MR) is 106 cm³/mol. The summed E-state index contributed by atoms with van der Waals surface area (Å²) < 4.78 is 0. The van der Waals surface area contributed by atoms with E-state index in [0.717, 1.165) is 19.5 Å². The summed E-state index contributed by atoms with van der Waals surface area (Å²) in [5.74, 6) is 0.101. The number of thiophene rings is 1. The molecule has 1 spiro atoms. The molecule has 2 fully saturated rings. The van der Waals surface area contributed by atoms with Crippen molar-refractivity contribution in [3.05, 3.63) is 57.2 Å². The van der Waals surface area contributed by atoms with Crippen molar-refractivity contribution in [3.8, 4) is 0 Å². The van der Waals surface area contributed by atoms with Gasteiger partial charge in [-0.3, -0.25) is 4.79 Å². The Bertz CT molecular complexity index is 729. The molecule has 1 unspecified atom stereocenters. The van der Waals surface area contributed by atoms with Gasteiger partial charge < -0.3 is 10.2 Å². The Balaban J connectivity index is 0.00000182. The van der Waals surface area contributed by atoms with Gasteiger partial charge in [-0.15, -0.1) is 12.4 Å². The number of halogens is 2. The lowest BCUT2D eigenvalue weighted by Gasteiger charge is -2.29. The van der Waals surface area contributed by atoms with Crippen LogP contribution in [0.25, 0.3) is 0 Å². The second-order valence-corrected chi connectivity index (χ2v) is 8.12.